The van der Waals surface area contributed by atoms with Gasteiger partial charge in [0.05, 0.1) is 5.56 Å². The van der Waals surface area contributed by atoms with Crippen LogP contribution in [-0.4, -0.2) is 11.7 Å². The van der Waals surface area contributed by atoms with Gasteiger partial charge in [-0.15, -0.1) is 0 Å². The highest BCUT2D eigenvalue weighted by Gasteiger charge is 2.37. The quantitative estimate of drug-likeness (QED) is 0.828. The molecular weight excluding hydrogens is 247 g/mol. The van der Waals surface area contributed by atoms with E-state index >= 15 is 0 Å². The molecule has 0 atom stereocenters. The number of benzene rings is 1. The molecule has 0 saturated carbocycles. The van der Waals surface area contributed by atoms with Gasteiger partial charge >= 0.3 is 12.1 Å². The Hall–Kier alpha value is -1.72. The largest absolute Gasteiger partial charge is 0.444 e. The first-order valence-corrected chi connectivity index (χ1v) is 5.26. The number of halogens is 3. The van der Waals surface area contributed by atoms with E-state index in [1.807, 2.05) is 0 Å². The summed E-state index contributed by atoms with van der Waals surface area (Å²) in [6.07, 6.45) is -1.31. The van der Waals surface area contributed by atoms with E-state index in [-0.39, 0.29) is 0 Å². The minimum absolute atomic E-state index is 0.889. The maximum atomic E-state index is 13.6. The summed E-state index contributed by atoms with van der Waals surface area (Å²) in [4.78, 5) is 11.2. The maximum absolute atomic E-state index is 13.6. The Morgan fingerprint density at radius 3 is 2.28 bits per heavy atom. The van der Waals surface area contributed by atoms with Crippen molar-refractivity contribution in [2.45, 2.75) is 32.4 Å². The zero-order valence-corrected chi connectivity index (χ0v) is 10.3. The molecule has 0 aromatic heterocycles. The number of carbonyl (C=O) groups excluding carboxylic acids is 1. The fourth-order valence-electron chi connectivity index (χ4n) is 1.21. The summed E-state index contributed by atoms with van der Waals surface area (Å²) >= 11 is 0. The summed E-state index contributed by atoms with van der Waals surface area (Å²) < 4.78 is 45.1. The zero-order valence-electron chi connectivity index (χ0n) is 10.3. The normalized spacial score (nSPS) is 12.1. The Labute approximate surface area is 103 Å². The summed E-state index contributed by atoms with van der Waals surface area (Å²) in [6.45, 7) is 4.61. The van der Waals surface area contributed by atoms with Crippen LogP contribution in [0.2, 0.25) is 0 Å². The van der Waals surface area contributed by atoms with Gasteiger partial charge < -0.3 is 4.74 Å². The third-order valence-electron chi connectivity index (χ3n) is 1.87. The molecule has 100 valence electrons. The van der Waals surface area contributed by atoms with Crippen LogP contribution in [0.15, 0.2) is 24.3 Å². The Morgan fingerprint density at radius 1 is 1.22 bits per heavy atom. The van der Waals surface area contributed by atoms with E-state index in [1.165, 1.54) is 38.2 Å². The van der Waals surface area contributed by atoms with Gasteiger partial charge in [0, 0.05) is 0 Å². The van der Waals surface area contributed by atoms with Crippen LogP contribution in [0, 0.1) is 5.82 Å². The number of amides is 1. The third-order valence-corrected chi connectivity index (χ3v) is 1.87. The Balaban J connectivity index is 2.83. The van der Waals surface area contributed by atoms with Crippen molar-refractivity contribution in [3.63, 3.8) is 0 Å². The van der Waals surface area contributed by atoms with Gasteiger partial charge in [-0.05, 0) is 32.9 Å². The first kappa shape index (κ1) is 14.3. The summed E-state index contributed by atoms with van der Waals surface area (Å²) in [6, 6.07) is 0.492. The van der Waals surface area contributed by atoms with Crippen molar-refractivity contribution in [2.24, 2.45) is 0 Å². The highest BCUT2D eigenvalue weighted by Crippen LogP contribution is 2.27. The second-order valence-corrected chi connectivity index (χ2v) is 4.68. The number of hydrogen-bond donors (Lipinski definition) is 1. The summed E-state index contributed by atoms with van der Waals surface area (Å²) in [5.74, 6) is -1.10. The molecule has 1 N–H and O–H groups in total. The van der Waals surface area contributed by atoms with Crippen molar-refractivity contribution in [2.75, 3.05) is 0 Å². The molecular formula is C12H14F3NO2. The lowest BCUT2D eigenvalue weighted by Gasteiger charge is -2.23. The second-order valence-electron chi connectivity index (χ2n) is 4.68. The van der Waals surface area contributed by atoms with E-state index < -0.39 is 29.1 Å². The van der Waals surface area contributed by atoms with Gasteiger partial charge in [-0.1, -0.05) is 12.1 Å². The number of alkyl carbamates (subject to hydrolysis) is 1. The van der Waals surface area contributed by atoms with Gasteiger partial charge in [-0.3, -0.25) is 5.32 Å². The average molecular weight is 261 g/mol. The number of hydrogen-bond acceptors (Lipinski definition) is 2. The topological polar surface area (TPSA) is 38.3 Å². The first-order chi connectivity index (χ1) is 8.12. The van der Waals surface area contributed by atoms with Crippen LogP contribution < -0.4 is 5.32 Å². The van der Waals surface area contributed by atoms with E-state index in [2.05, 4.69) is 4.74 Å². The number of nitrogens with one attached hydrogen (secondary N) is 1. The summed E-state index contributed by atoms with van der Waals surface area (Å²) in [5.41, 5.74) is -1.81. The van der Waals surface area contributed by atoms with Gasteiger partial charge in [0.25, 0.3) is 0 Å². The molecule has 0 heterocycles. The number of rotatable bonds is 2. The van der Waals surface area contributed by atoms with Gasteiger partial charge in [-0.2, -0.15) is 8.78 Å². The monoisotopic (exact) mass is 261 g/mol. The Bertz CT molecular complexity index is 441. The van der Waals surface area contributed by atoms with Crippen LogP contribution in [-0.2, 0) is 10.8 Å². The molecule has 0 aliphatic carbocycles. The van der Waals surface area contributed by atoms with Crippen LogP contribution in [0.3, 0.4) is 0 Å². The second kappa shape index (κ2) is 4.88. The molecule has 0 bridgehead atoms. The van der Waals surface area contributed by atoms with Crippen molar-refractivity contribution >= 4 is 6.09 Å². The van der Waals surface area contributed by atoms with E-state index in [9.17, 15) is 18.0 Å². The smallest absolute Gasteiger partial charge is 0.412 e. The van der Waals surface area contributed by atoms with E-state index in [4.69, 9.17) is 0 Å². The van der Waals surface area contributed by atoms with Crippen LogP contribution in [0.5, 0.6) is 0 Å². The predicted molar refractivity (Wildman–Crippen MR) is 59.7 cm³/mol. The van der Waals surface area contributed by atoms with Gasteiger partial charge in [0.15, 0.2) is 0 Å². The Kier molecular flexibility index (Phi) is 3.88. The molecule has 1 aromatic rings. The highest BCUT2D eigenvalue weighted by molar-refractivity contribution is 5.68. The van der Waals surface area contributed by atoms with Crippen LogP contribution in [0.1, 0.15) is 26.3 Å². The van der Waals surface area contributed by atoms with Crippen LogP contribution in [0.25, 0.3) is 0 Å². The van der Waals surface area contributed by atoms with Crippen LogP contribution in [0.4, 0.5) is 18.0 Å². The number of alkyl halides is 2. The highest BCUT2D eigenvalue weighted by atomic mass is 19.3. The molecule has 0 unspecified atom stereocenters. The summed E-state index contributed by atoms with van der Waals surface area (Å²) in [5, 5.41) is 1.34. The standard InChI is InChI=1S/C12H14F3NO2/c1-11(2,3)18-10(17)16-12(14,15)8-6-4-5-7-9(8)13/h4-7H,1-3H3,(H,16,17). The van der Waals surface area contributed by atoms with Crippen LogP contribution >= 0.6 is 0 Å². The van der Waals surface area contributed by atoms with Crippen molar-refractivity contribution in [3.8, 4) is 0 Å². The fraction of sp³-hybridized carbons (Fsp3) is 0.417. The fourth-order valence-corrected chi connectivity index (χ4v) is 1.21. The third kappa shape index (κ3) is 3.94. The maximum Gasteiger partial charge on any atom is 0.412 e. The SMILES string of the molecule is CC(C)(C)OC(=O)NC(F)(F)c1ccccc1F. The first-order valence-electron chi connectivity index (χ1n) is 5.26. The van der Waals surface area contributed by atoms with Crippen molar-refractivity contribution < 1.29 is 22.7 Å². The molecule has 6 heteroatoms. The number of ether oxygens (including phenoxy) is 1. The average Bonchev–Trinajstić information content (AvgIpc) is 2.13. The predicted octanol–water partition coefficient (Wildman–Crippen LogP) is 3.40. The zero-order chi connectivity index (χ0) is 14.0. The molecule has 0 aliphatic heterocycles. The molecule has 3 nitrogen and oxygen atoms in total. The lowest BCUT2D eigenvalue weighted by atomic mass is 10.2. The lowest BCUT2D eigenvalue weighted by Crippen LogP contribution is -2.42. The van der Waals surface area contributed by atoms with Crippen molar-refractivity contribution in [3.05, 3.63) is 35.6 Å². The summed E-state index contributed by atoms with van der Waals surface area (Å²) in [7, 11) is 0. The van der Waals surface area contributed by atoms with Crippen molar-refractivity contribution in [1.82, 2.24) is 5.32 Å². The molecule has 0 fully saturated rings. The molecule has 0 spiro atoms. The van der Waals surface area contributed by atoms with E-state index in [1.54, 1.807) is 0 Å². The molecule has 1 amide bonds. The van der Waals surface area contributed by atoms with Gasteiger partial charge in [0.1, 0.15) is 11.4 Å². The number of carbonyl (C=O) groups is 1. The lowest BCUT2D eigenvalue weighted by molar-refractivity contribution is -0.0509. The molecule has 18 heavy (non-hydrogen) atoms. The van der Waals surface area contributed by atoms with Gasteiger partial charge in [-0.25, -0.2) is 9.18 Å². The molecule has 0 saturated heterocycles. The minimum atomic E-state index is -3.83. The molecule has 1 aromatic carbocycles. The molecule has 1 rings (SSSR count). The minimum Gasteiger partial charge on any atom is -0.444 e. The molecule has 0 aliphatic rings. The molecule has 0 radical (unpaired) electrons. The van der Waals surface area contributed by atoms with Crippen molar-refractivity contribution in [1.29, 1.82) is 0 Å². The van der Waals surface area contributed by atoms with E-state index in [0.29, 0.717) is 0 Å². The Morgan fingerprint density at radius 2 is 1.78 bits per heavy atom. The van der Waals surface area contributed by atoms with Gasteiger partial charge in [0.2, 0.25) is 0 Å². The van der Waals surface area contributed by atoms with E-state index in [0.717, 1.165) is 12.1 Å².